The smallest absolute Gasteiger partial charge is 0.0515 e. The molecule has 26 heavy (non-hydrogen) atoms. The van der Waals surface area contributed by atoms with Crippen LogP contribution in [0.5, 0.6) is 0 Å². The number of hydrogen-bond acceptors (Lipinski definition) is 3. The maximum absolute atomic E-state index is 10.3. The topological polar surface area (TPSA) is 26.7 Å². The first kappa shape index (κ1) is 17.7. The zero-order valence-corrected chi connectivity index (χ0v) is 15.6. The van der Waals surface area contributed by atoms with E-state index in [4.69, 9.17) is 0 Å². The van der Waals surface area contributed by atoms with E-state index in [1.165, 1.54) is 24.1 Å². The van der Waals surface area contributed by atoms with Gasteiger partial charge in [-0.2, -0.15) is 0 Å². The first-order chi connectivity index (χ1) is 12.8. The van der Waals surface area contributed by atoms with E-state index in [0.29, 0.717) is 12.5 Å². The second kappa shape index (κ2) is 7.91. The van der Waals surface area contributed by atoms with Crippen LogP contribution in [0, 0.1) is 11.3 Å². The summed E-state index contributed by atoms with van der Waals surface area (Å²) in [4.78, 5) is 5.13. The zero-order valence-electron chi connectivity index (χ0n) is 15.6. The maximum atomic E-state index is 10.3. The third-order valence-corrected chi connectivity index (χ3v) is 6.34. The van der Waals surface area contributed by atoms with Crippen molar-refractivity contribution in [2.24, 2.45) is 11.3 Å². The molecule has 2 fully saturated rings. The number of hydrogen-bond donors (Lipinski definition) is 1. The molecule has 3 heteroatoms. The highest BCUT2D eigenvalue weighted by atomic mass is 16.3. The molecule has 1 N–H and O–H groups in total. The summed E-state index contributed by atoms with van der Waals surface area (Å²) in [5.41, 5.74) is 2.84. The van der Waals surface area contributed by atoms with E-state index >= 15 is 0 Å². The van der Waals surface area contributed by atoms with Crippen LogP contribution in [0.1, 0.15) is 17.5 Å². The number of benzene rings is 2. The van der Waals surface area contributed by atoms with Crippen LogP contribution >= 0.6 is 0 Å². The average molecular weight is 351 g/mol. The summed E-state index contributed by atoms with van der Waals surface area (Å²) in [7, 11) is 0. The van der Waals surface area contributed by atoms with Gasteiger partial charge in [-0.3, -0.25) is 4.90 Å². The highest BCUT2D eigenvalue weighted by Crippen LogP contribution is 2.42. The van der Waals surface area contributed by atoms with Gasteiger partial charge in [0.25, 0.3) is 0 Å². The number of aliphatic hydroxyl groups is 1. The molecule has 0 bridgehead atoms. The fraction of sp³-hybridized carbons (Fsp3) is 0.478. The third-order valence-electron chi connectivity index (χ3n) is 6.34. The number of nitrogens with zero attached hydrogens (tertiary/aromatic N) is 2. The van der Waals surface area contributed by atoms with Crippen LogP contribution < -0.4 is 0 Å². The Morgan fingerprint density at radius 1 is 0.885 bits per heavy atom. The molecule has 138 valence electrons. The molecule has 0 saturated carbocycles. The van der Waals surface area contributed by atoms with E-state index in [-0.39, 0.29) is 5.41 Å². The molecule has 0 radical (unpaired) electrons. The minimum Gasteiger partial charge on any atom is -0.396 e. The van der Waals surface area contributed by atoms with Gasteiger partial charge in [0.1, 0.15) is 0 Å². The van der Waals surface area contributed by atoms with Gasteiger partial charge in [0.2, 0.25) is 0 Å². The molecule has 2 aliphatic heterocycles. The van der Waals surface area contributed by atoms with Crippen LogP contribution in [-0.4, -0.2) is 54.2 Å². The highest BCUT2D eigenvalue weighted by Gasteiger charge is 2.48. The van der Waals surface area contributed by atoms with Gasteiger partial charge in [0.15, 0.2) is 0 Å². The number of rotatable bonds is 6. The Morgan fingerprint density at radius 3 is 2.23 bits per heavy atom. The molecule has 0 aromatic heterocycles. The Morgan fingerprint density at radius 2 is 1.54 bits per heavy atom. The average Bonchev–Trinajstić information content (AvgIpc) is 3.05. The quantitative estimate of drug-likeness (QED) is 0.867. The summed E-state index contributed by atoms with van der Waals surface area (Å²) in [6.07, 6.45) is 2.31. The van der Waals surface area contributed by atoms with E-state index in [0.717, 1.165) is 39.1 Å². The molecule has 2 aliphatic rings. The molecular weight excluding hydrogens is 320 g/mol. The Labute approximate surface area is 157 Å². The van der Waals surface area contributed by atoms with Gasteiger partial charge in [-0.05, 0) is 36.4 Å². The van der Waals surface area contributed by atoms with Crippen molar-refractivity contribution in [2.75, 3.05) is 39.3 Å². The lowest BCUT2D eigenvalue weighted by Gasteiger charge is -2.43. The lowest BCUT2D eigenvalue weighted by molar-refractivity contribution is 0.0112. The van der Waals surface area contributed by atoms with Gasteiger partial charge in [0.05, 0.1) is 6.61 Å². The first-order valence-electron chi connectivity index (χ1n) is 9.91. The first-order valence-corrected chi connectivity index (χ1v) is 9.91. The van der Waals surface area contributed by atoms with Gasteiger partial charge < -0.3 is 10.0 Å². The molecule has 0 aliphatic carbocycles. The van der Waals surface area contributed by atoms with Gasteiger partial charge >= 0.3 is 0 Å². The van der Waals surface area contributed by atoms with Gasteiger partial charge in [-0.1, -0.05) is 60.7 Å². The summed E-state index contributed by atoms with van der Waals surface area (Å²) in [5.74, 6) is 0.629. The van der Waals surface area contributed by atoms with Crippen molar-refractivity contribution < 1.29 is 5.11 Å². The minimum absolute atomic E-state index is 0.0592. The predicted molar refractivity (Wildman–Crippen MR) is 106 cm³/mol. The summed E-state index contributed by atoms with van der Waals surface area (Å²) in [6, 6.07) is 21.5. The number of aliphatic hydroxyl groups excluding tert-OH is 1. The Kier molecular flexibility index (Phi) is 5.39. The van der Waals surface area contributed by atoms with Crippen molar-refractivity contribution in [3.8, 4) is 0 Å². The number of piperidine rings is 1. The van der Waals surface area contributed by atoms with Gasteiger partial charge in [0, 0.05) is 38.1 Å². The van der Waals surface area contributed by atoms with Crippen LogP contribution in [0.3, 0.4) is 0 Å². The summed E-state index contributed by atoms with van der Waals surface area (Å²) in [5, 5.41) is 10.3. The molecule has 0 amide bonds. The van der Waals surface area contributed by atoms with E-state index in [1.54, 1.807) is 0 Å². The van der Waals surface area contributed by atoms with Crippen LogP contribution in [0.2, 0.25) is 0 Å². The SMILES string of the molecule is OCC12CN(CCc3ccccc3)CCC1CN(Cc1ccccc1)C2. The number of fused-ring (bicyclic) bond motifs is 1. The van der Waals surface area contributed by atoms with Crippen LogP contribution in [0.25, 0.3) is 0 Å². The van der Waals surface area contributed by atoms with Crippen molar-refractivity contribution in [3.05, 3.63) is 71.8 Å². The second-order valence-electron chi connectivity index (χ2n) is 8.17. The molecule has 2 heterocycles. The van der Waals surface area contributed by atoms with E-state index in [9.17, 15) is 5.11 Å². The largest absolute Gasteiger partial charge is 0.396 e. The van der Waals surface area contributed by atoms with Crippen molar-refractivity contribution in [2.45, 2.75) is 19.4 Å². The fourth-order valence-corrected chi connectivity index (χ4v) is 4.90. The highest BCUT2D eigenvalue weighted by molar-refractivity contribution is 5.16. The standard InChI is InChI=1S/C23H30N2O/c26-19-23-17-24(13-11-20-7-3-1-4-8-20)14-12-22(23)16-25(18-23)15-21-9-5-2-6-10-21/h1-10,22,26H,11-19H2. The van der Waals surface area contributed by atoms with Crippen molar-refractivity contribution in [1.82, 2.24) is 9.80 Å². The monoisotopic (exact) mass is 350 g/mol. The molecule has 3 nitrogen and oxygen atoms in total. The predicted octanol–water partition coefficient (Wildman–Crippen LogP) is 3.05. The molecule has 0 spiro atoms. The zero-order chi connectivity index (χ0) is 17.8. The normalized spacial score (nSPS) is 26.7. The summed E-state index contributed by atoms with van der Waals surface area (Å²) >= 11 is 0. The second-order valence-corrected chi connectivity index (χ2v) is 8.17. The minimum atomic E-state index is 0.0592. The molecule has 4 rings (SSSR count). The fourth-order valence-electron chi connectivity index (χ4n) is 4.90. The maximum Gasteiger partial charge on any atom is 0.0515 e. The summed E-state index contributed by atoms with van der Waals surface area (Å²) in [6.45, 7) is 6.75. The lowest BCUT2D eigenvalue weighted by Crippen LogP contribution is -2.51. The Bertz CT molecular complexity index is 690. The van der Waals surface area contributed by atoms with E-state index in [1.807, 2.05) is 0 Å². The molecule has 2 unspecified atom stereocenters. The molecule has 2 atom stereocenters. The van der Waals surface area contributed by atoms with Crippen LogP contribution in [0.15, 0.2) is 60.7 Å². The molecule has 2 saturated heterocycles. The molecule has 2 aromatic rings. The Hall–Kier alpha value is -1.68. The van der Waals surface area contributed by atoms with E-state index in [2.05, 4.69) is 70.5 Å². The van der Waals surface area contributed by atoms with Gasteiger partial charge in [-0.25, -0.2) is 0 Å². The summed E-state index contributed by atoms with van der Waals surface area (Å²) < 4.78 is 0. The van der Waals surface area contributed by atoms with Crippen molar-refractivity contribution in [3.63, 3.8) is 0 Å². The van der Waals surface area contributed by atoms with Crippen LogP contribution in [-0.2, 0) is 13.0 Å². The lowest BCUT2D eigenvalue weighted by atomic mass is 9.74. The van der Waals surface area contributed by atoms with E-state index < -0.39 is 0 Å². The Balaban J connectivity index is 1.37. The van der Waals surface area contributed by atoms with Gasteiger partial charge in [-0.15, -0.1) is 0 Å². The molecule has 2 aromatic carbocycles. The number of likely N-dealkylation sites (tertiary alicyclic amines) is 2. The molecular formula is C23H30N2O. The van der Waals surface area contributed by atoms with Crippen LogP contribution in [0.4, 0.5) is 0 Å². The third kappa shape index (κ3) is 3.85. The van der Waals surface area contributed by atoms with Crippen molar-refractivity contribution >= 4 is 0 Å². The van der Waals surface area contributed by atoms with Crippen molar-refractivity contribution in [1.29, 1.82) is 0 Å².